The zero-order valence-corrected chi connectivity index (χ0v) is 16.4. The van der Waals surface area contributed by atoms with Gasteiger partial charge >= 0.3 is 0 Å². The Hall–Kier alpha value is -1.91. The molecule has 4 heteroatoms. The molecule has 0 spiro atoms. The van der Waals surface area contributed by atoms with Crippen LogP contribution in [0.2, 0.25) is 0 Å². The molecule has 1 heterocycles. The predicted molar refractivity (Wildman–Crippen MR) is 106 cm³/mol. The van der Waals surface area contributed by atoms with E-state index in [1.165, 1.54) is 15.2 Å². The summed E-state index contributed by atoms with van der Waals surface area (Å²) >= 11 is 1.76. The van der Waals surface area contributed by atoms with E-state index in [1.54, 1.807) is 11.3 Å². The second-order valence-corrected chi connectivity index (χ2v) is 8.32. The van der Waals surface area contributed by atoms with Crippen LogP contribution in [0.5, 0.6) is 5.75 Å². The molecule has 3 nitrogen and oxygen atoms in total. The van der Waals surface area contributed by atoms with Crippen molar-refractivity contribution in [1.29, 1.82) is 0 Å². The van der Waals surface area contributed by atoms with Crippen molar-refractivity contribution in [3.8, 4) is 5.75 Å². The molecule has 1 unspecified atom stereocenters. The number of hydrogen-bond donors (Lipinski definition) is 2. The normalized spacial score (nSPS) is 14.2. The van der Waals surface area contributed by atoms with Gasteiger partial charge in [0.2, 0.25) is 0 Å². The molecule has 132 valence electrons. The summed E-state index contributed by atoms with van der Waals surface area (Å²) in [6.45, 7) is 9.46. The van der Waals surface area contributed by atoms with Gasteiger partial charge in [0, 0.05) is 5.56 Å². The van der Waals surface area contributed by atoms with Gasteiger partial charge in [0.25, 0.3) is 0 Å². The quantitative estimate of drug-likeness (QED) is 0.719. The van der Waals surface area contributed by atoms with Crippen LogP contribution in [0.4, 0.5) is 0 Å². The minimum Gasteiger partial charge on any atom is -0.507 e. The third-order valence-corrected chi connectivity index (χ3v) is 6.20. The van der Waals surface area contributed by atoms with Crippen molar-refractivity contribution in [3.05, 3.63) is 58.1 Å². The van der Waals surface area contributed by atoms with Crippen LogP contribution in [0.25, 0.3) is 10.2 Å². The highest BCUT2D eigenvalue weighted by atomic mass is 32.1. The third kappa shape index (κ3) is 3.70. The number of aryl methyl sites for hydroxylation is 1. The van der Waals surface area contributed by atoms with E-state index in [9.17, 15) is 5.11 Å². The lowest BCUT2D eigenvalue weighted by Gasteiger charge is -2.21. The summed E-state index contributed by atoms with van der Waals surface area (Å²) in [5, 5.41) is 11.5. The SMILES string of the molecule is Cc1cc(O)c(C[NH+](C)[C@@H](C)c2nc3ccccc3s2)cc1C(C)C. The second-order valence-electron chi connectivity index (χ2n) is 7.26. The highest BCUT2D eigenvalue weighted by Gasteiger charge is 2.21. The Morgan fingerprint density at radius 1 is 1.16 bits per heavy atom. The number of rotatable bonds is 5. The van der Waals surface area contributed by atoms with Crippen molar-refractivity contribution in [2.24, 2.45) is 0 Å². The van der Waals surface area contributed by atoms with Gasteiger partial charge in [0.15, 0.2) is 5.01 Å². The number of thiazole rings is 1. The Morgan fingerprint density at radius 3 is 2.56 bits per heavy atom. The smallest absolute Gasteiger partial charge is 0.151 e. The van der Waals surface area contributed by atoms with Gasteiger partial charge in [-0.15, -0.1) is 11.3 Å². The Balaban J connectivity index is 1.83. The number of fused-ring (bicyclic) bond motifs is 1. The zero-order valence-electron chi connectivity index (χ0n) is 15.6. The first-order chi connectivity index (χ1) is 11.9. The molecule has 1 aromatic heterocycles. The number of benzene rings is 2. The monoisotopic (exact) mass is 355 g/mol. The lowest BCUT2D eigenvalue weighted by molar-refractivity contribution is -0.923. The molecule has 0 saturated heterocycles. The molecule has 0 aliphatic carbocycles. The first kappa shape index (κ1) is 17.9. The fourth-order valence-corrected chi connectivity index (χ4v) is 4.37. The lowest BCUT2D eigenvalue weighted by atomic mass is 9.95. The molecule has 3 aromatic rings. The highest BCUT2D eigenvalue weighted by molar-refractivity contribution is 7.18. The van der Waals surface area contributed by atoms with E-state index < -0.39 is 0 Å². The highest BCUT2D eigenvalue weighted by Crippen LogP contribution is 2.28. The zero-order chi connectivity index (χ0) is 18.1. The van der Waals surface area contributed by atoms with Gasteiger partial charge in [0.05, 0.1) is 17.3 Å². The van der Waals surface area contributed by atoms with E-state index in [0.717, 1.165) is 28.2 Å². The summed E-state index contributed by atoms with van der Waals surface area (Å²) in [5.74, 6) is 0.860. The molecule has 3 rings (SSSR count). The topological polar surface area (TPSA) is 37.6 Å². The van der Waals surface area contributed by atoms with Crippen LogP contribution >= 0.6 is 11.3 Å². The number of aromatic hydroxyl groups is 1. The Labute approximate surface area is 154 Å². The van der Waals surface area contributed by atoms with Crippen LogP contribution in [0, 0.1) is 6.92 Å². The van der Waals surface area contributed by atoms with Crippen LogP contribution in [0.1, 0.15) is 54.4 Å². The molecule has 0 amide bonds. The first-order valence-corrected chi connectivity index (χ1v) is 9.68. The number of para-hydroxylation sites is 1. The van der Waals surface area contributed by atoms with Crippen LogP contribution in [-0.2, 0) is 6.54 Å². The summed E-state index contributed by atoms with van der Waals surface area (Å²) in [6, 6.07) is 12.6. The van der Waals surface area contributed by atoms with Gasteiger partial charge in [-0.3, -0.25) is 0 Å². The fourth-order valence-electron chi connectivity index (χ4n) is 3.26. The average Bonchev–Trinajstić information content (AvgIpc) is 3.00. The van der Waals surface area contributed by atoms with E-state index in [2.05, 4.69) is 59.0 Å². The molecule has 2 atom stereocenters. The largest absolute Gasteiger partial charge is 0.507 e. The average molecular weight is 356 g/mol. The molecule has 25 heavy (non-hydrogen) atoms. The van der Waals surface area contributed by atoms with Crippen molar-refractivity contribution in [1.82, 2.24) is 4.98 Å². The van der Waals surface area contributed by atoms with Gasteiger partial charge in [-0.2, -0.15) is 0 Å². The van der Waals surface area contributed by atoms with Crippen molar-refractivity contribution in [2.45, 2.75) is 46.2 Å². The standard InChI is InChI=1S/C21H26N2OS/c1-13(2)17-11-16(19(24)10-14(17)3)12-23(5)15(4)21-22-18-8-6-7-9-20(18)25-21/h6-11,13,15,24H,12H2,1-5H3/p+1/t15-/m0/s1. The van der Waals surface area contributed by atoms with Crippen LogP contribution in [-0.4, -0.2) is 17.1 Å². The number of nitrogens with zero attached hydrogens (tertiary/aromatic N) is 1. The van der Waals surface area contributed by atoms with E-state index in [0.29, 0.717) is 11.7 Å². The van der Waals surface area contributed by atoms with E-state index >= 15 is 0 Å². The number of phenols is 1. The summed E-state index contributed by atoms with van der Waals surface area (Å²) in [7, 11) is 2.17. The molecular weight excluding hydrogens is 328 g/mol. The number of aromatic nitrogens is 1. The van der Waals surface area contributed by atoms with Gasteiger partial charge < -0.3 is 10.0 Å². The van der Waals surface area contributed by atoms with E-state index in [-0.39, 0.29) is 6.04 Å². The maximum absolute atomic E-state index is 10.4. The maximum Gasteiger partial charge on any atom is 0.151 e. The molecule has 0 radical (unpaired) electrons. The Bertz CT molecular complexity index is 852. The molecule has 0 saturated carbocycles. The van der Waals surface area contributed by atoms with Gasteiger partial charge in [-0.1, -0.05) is 26.0 Å². The third-order valence-electron chi connectivity index (χ3n) is 4.98. The van der Waals surface area contributed by atoms with Crippen molar-refractivity contribution in [3.63, 3.8) is 0 Å². The van der Waals surface area contributed by atoms with Gasteiger partial charge in [0.1, 0.15) is 18.3 Å². The molecule has 0 fully saturated rings. The first-order valence-electron chi connectivity index (χ1n) is 8.87. The van der Waals surface area contributed by atoms with E-state index in [1.807, 2.05) is 12.1 Å². The summed E-state index contributed by atoms with van der Waals surface area (Å²) in [6.07, 6.45) is 0. The molecular formula is C21H27N2OS+. The molecule has 0 aliphatic rings. The number of hydrogen-bond acceptors (Lipinski definition) is 3. The minimum absolute atomic E-state index is 0.278. The van der Waals surface area contributed by atoms with Crippen LogP contribution in [0.15, 0.2) is 36.4 Å². The predicted octanol–water partition coefficient (Wildman–Crippen LogP) is 4.21. The summed E-state index contributed by atoms with van der Waals surface area (Å²) in [4.78, 5) is 6.12. The Morgan fingerprint density at radius 2 is 1.88 bits per heavy atom. The summed E-state index contributed by atoms with van der Waals surface area (Å²) < 4.78 is 1.23. The van der Waals surface area contributed by atoms with Crippen molar-refractivity contribution >= 4 is 21.6 Å². The van der Waals surface area contributed by atoms with Gasteiger partial charge in [-0.25, -0.2) is 4.98 Å². The second kappa shape index (κ2) is 7.14. The Kier molecular flexibility index (Phi) is 5.11. The van der Waals surface area contributed by atoms with Gasteiger partial charge in [-0.05, 0) is 55.2 Å². The van der Waals surface area contributed by atoms with Crippen LogP contribution in [0.3, 0.4) is 0 Å². The lowest BCUT2D eigenvalue weighted by Crippen LogP contribution is -3.07. The molecule has 0 bridgehead atoms. The number of nitrogens with one attached hydrogen (secondary N) is 1. The number of phenolic OH excluding ortho intramolecular Hbond substituents is 1. The van der Waals surface area contributed by atoms with Crippen molar-refractivity contribution in [2.75, 3.05) is 7.05 Å². The number of quaternary nitrogens is 1. The fraction of sp³-hybridized carbons (Fsp3) is 0.381. The minimum atomic E-state index is 0.278. The molecule has 0 aliphatic heterocycles. The maximum atomic E-state index is 10.4. The summed E-state index contributed by atoms with van der Waals surface area (Å²) in [5.41, 5.74) is 4.56. The van der Waals surface area contributed by atoms with Crippen LogP contribution < -0.4 is 4.90 Å². The molecule has 2 aromatic carbocycles. The molecule has 2 N–H and O–H groups in total. The van der Waals surface area contributed by atoms with Crippen molar-refractivity contribution < 1.29 is 10.0 Å². The van der Waals surface area contributed by atoms with E-state index in [4.69, 9.17) is 4.98 Å².